The smallest absolute Gasteiger partial charge is 0.213 e. The summed E-state index contributed by atoms with van der Waals surface area (Å²) in [6.07, 6.45) is 4.12. The van der Waals surface area contributed by atoms with Crippen molar-refractivity contribution in [2.45, 2.75) is 52.6 Å². The minimum Gasteiger partial charge on any atom is -0.475 e. The molecule has 114 valence electrons. The minimum atomic E-state index is 0.116. The summed E-state index contributed by atoms with van der Waals surface area (Å²) < 4.78 is 11.0. The van der Waals surface area contributed by atoms with Gasteiger partial charge in [0.2, 0.25) is 5.88 Å². The van der Waals surface area contributed by atoms with E-state index < -0.39 is 0 Å². The van der Waals surface area contributed by atoms with Crippen LogP contribution in [0.3, 0.4) is 0 Å². The molecule has 1 aromatic heterocycles. The largest absolute Gasteiger partial charge is 0.475 e. The Hall–Kier alpha value is -1.13. The zero-order chi connectivity index (χ0) is 14.8. The number of nitrogens with zero attached hydrogens (tertiary/aromatic N) is 1. The number of hydrogen-bond acceptors (Lipinski definition) is 4. The molecule has 0 bridgehead atoms. The molecule has 0 radical (unpaired) electrons. The summed E-state index contributed by atoms with van der Waals surface area (Å²) in [5.74, 6) is 0.656. The Morgan fingerprint density at radius 3 is 2.55 bits per heavy atom. The van der Waals surface area contributed by atoms with Gasteiger partial charge < -0.3 is 14.8 Å². The van der Waals surface area contributed by atoms with Crippen LogP contribution in [0.15, 0.2) is 18.3 Å². The van der Waals surface area contributed by atoms with Gasteiger partial charge >= 0.3 is 0 Å². The van der Waals surface area contributed by atoms with Crippen LogP contribution >= 0.6 is 0 Å². The number of pyridine rings is 1. The van der Waals surface area contributed by atoms with Gasteiger partial charge in [-0.3, -0.25) is 0 Å². The van der Waals surface area contributed by atoms with Crippen LogP contribution in [0.5, 0.6) is 5.88 Å². The molecule has 20 heavy (non-hydrogen) atoms. The van der Waals surface area contributed by atoms with Gasteiger partial charge in [-0.15, -0.1) is 0 Å². The van der Waals surface area contributed by atoms with E-state index in [1.807, 2.05) is 18.3 Å². The van der Waals surface area contributed by atoms with E-state index in [1.54, 1.807) is 0 Å². The third-order valence-electron chi connectivity index (χ3n) is 2.74. The van der Waals surface area contributed by atoms with Gasteiger partial charge in [0.15, 0.2) is 0 Å². The molecule has 1 aromatic rings. The minimum absolute atomic E-state index is 0.116. The summed E-state index contributed by atoms with van der Waals surface area (Å²) in [5, 5.41) is 3.43. The Kier molecular flexibility index (Phi) is 7.55. The van der Waals surface area contributed by atoms with Crippen molar-refractivity contribution in [3.8, 4) is 5.88 Å². The number of nitrogens with one attached hydrogen (secondary N) is 1. The van der Waals surface area contributed by atoms with Crippen molar-refractivity contribution >= 4 is 0 Å². The molecule has 4 nitrogen and oxygen atoms in total. The Bertz CT molecular complexity index is 358. The first-order chi connectivity index (χ1) is 9.51. The average molecular weight is 280 g/mol. The highest BCUT2D eigenvalue weighted by Gasteiger charge is 2.08. The molecule has 0 fully saturated rings. The molecule has 0 saturated heterocycles. The van der Waals surface area contributed by atoms with Gasteiger partial charge in [0.25, 0.3) is 0 Å². The summed E-state index contributed by atoms with van der Waals surface area (Å²) >= 11 is 0. The van der Waals surface area contributed by atoms with Crippen LogP contribution in [0.2, 0.25) is 0 Å². The fraction of sp³-hybridized carbons (Fsp3) is 0.688. The van der Waals surface area contributed by atoms with Crippen LogP contribution in [-0.4, -0.2) is 30.3 Å². The molecule has 0 aliphatic heterocycles. The van der Waals surface area contributed by atoms with Gasteiger partial charge in [0, 0.05) is 31.0 Å². The summed E-state index contributed by atoms with van der Waals surface area (Å²) in [7, 11) is 0. The maximum absolute atomic E-state index is 5.53. The monoisotopic (exact) mass is 280 g/mol. The normalized spacial score (nSPS) is 11.6. The summed E-state index contributed by atoms with van der Waals surface area (Å²) in [6.45, 7) is 11.4. The molecule has 1 heterocycles. The van der Waals surface area contributed by atoms with Crippen LogP contribution in [0.4, 0.5) is 0 Å². The Balaban J connectivity index is 2.21. The number of unbranched alkanes of at least 4 members (excludes halogenated alkanes) is 1. The first kappa shape index (κ1) is 16.9. The van der Waals surface area contributed by atoms with Gasteiger partial charge in [-0.2, -0.15) is 0 Å². The van der Waals surface area contributed by atoms with Gasteiger partial charge in [-0.25, -0.2) is 4.98 Å². The fourth-order valence-corrected chi connectivity index (χ4v) is 1.52. The average Bonchev–Trinajstić information content (AvgIpc) is 2.41. The molecule has 4 heteroatoms. The van der Waals surface area contributed by atoms with Crippen molar-refractivity contribution in [1.82, 2.24) is 10.3 Å². The van der Waals surface area contributed by atoms with E-state index in [-0.39, 0.29) is 5.54 Å². The van der Waals surface area contributed by atoms with E-state index in [0.29, 0.717) is 19.1 Å². The molecule has 0 aliphatic carbocycles. The second-order valence-electron chi connectivity index (χ2n) is 5.92. The predicted molar refractivity (Wildman–Crippen MR) is 82.1 cm³/mol. The van der Waals surface area contributed by atoms with Crippen LogP contribution in [0.25, 0.3) is 0 Å². The molecule has 0 spiro atoms. The van der Waals surface area contributed by atoms with E-state index in [9.17, 15) is 0 Å². The van der Waals surface area contributed by atoms with Crippen LogP contribution < -0.4 is 10.1 Å². The van der Waals surface area contributed by atoms with E-state index in [2.05, 4.69) is 38.0 Å². The molecule has 0 aliphatic rings. The van der Waals surface area contributed by atoms with Crippen LogP contribution in [0.1, 0.15) is 46.1 Å². The summed E-state index contributed by atoms with van der Waals surface area (Å²) in [4.78, 5) is 4.30. The maximum atomic E-state index is 5.53. The molecule has 1 rings (SSSR count). The quantitative estimate of drug-likeness (QED) is 0.706. The fourth-order valence-electron chi connectivity index (χ4n) is 1.52. The molecule has 0 atom stereocenters. The van der Waals surface area contributed by atoms with E-state index in [1.165, 1.54) is 0 Å². The van der Waals surface area contributed by atoms with Crippen molar-refractivity contribution in [3.05, 3.63) is 23.9 Å². The third kappa shape index (κ3) is 8.12. The van der Waals surface area contributed by atoms with Crippen LogP contribution in [-0.2, 0) is 11.3 Å². The molecule has 1 N–H and O–H groups in total. The zero-order valence-corrected chi connectivity index (χ0v) is 13.2. The molecular formula is C16H28N2O2. The Morgan fingerprint density at radius 2 is 1.95 bits per heavy atom. The Morgan fingerprint density at radius 1 is 1.15 bits per heavy atom. The van der Waals surface area contributed by atoms with Crippen molar-refractivity contribution in [2.24, 2.45) is 0 Å². The highest BCUT2D eigenvalue weighted by atomic mass is 16.5. The highest BCUT2D eigenvalue weighted by Crippen LogP contribution is 2.09. The predicted octanol–water partition coefficient (Wildman–Crippen LogP) is 3.17. The van der Waals surface area contributed by atoms with Crippen molar-refractivity contribution in [1.29, 1.82) is 0 Å². The molecule has 0 saturated carbocycles. The zero-order valence-electron chi connectivity index (χ0n) is 13.2. The van der Waals surface area contributed by atoms with Crippen molar-refractivity contribution in [3.63, 3.8) is 0 Å². The van der Waals surface area contributed by atoms with Gasteiger partial charge in [0.1, 0.15) is 6.61 Å². The number of hydrogen-bond donors (Lipinski definition) is 1. The Labute approximate surface area is 122 Å². The standard InChI is InChI=1S/C16H28N2O2/c1-5-6-9-19-10-11-20-15-8-7-14(12-17-15)13-18-16(2,3)4/h7-8,12,18H,5-6,9-11,13H2,1-4H3. The van der Waals surface area contributed by atoms with Crippen LogP contribution in [0, 0.1) is 0 Å². The van der Waals surface area contributed by atoms with Gasteiger partial charge in [-0.1, -0.05) is 19.4 Å². The van der Waals surface area contributed by atoms with Crippen molar-refractivity contribution < 1.29 is 9.47 Å². The maximum Gasteiger partial charge on any atom is 0.213 e. The lowest BCUT2D eigenvalue weighted by molar-refractivity contribution is 0.0965. The summed E-state index contributed by atoms with van der Waals surface area (Å²) in [6, 6.07) is 3.95. The second-order valence-corrected chi connectivity index (χ2v) is 5.92. The van der Waals surface area contributed by atoms with E-state index >= 15 is 0 Å². The first-order valence-corrected chi connectivity index (χ1v) is 7.42. The van der Waals surface area contributed by atoms with Gasteiger partial charge in [0.05, 0.1) is 6.61 Å². The summed E-state index contributed by atoms with van der Waals surface area (Å²) in [5.41, 5.74) is 1.27. The number of rotatable bonds is 9. The molecule has 0 aromatic carbocycles. The van der Waals surface area contributed by atoms with E-state index in [4.69, 9.17) is 9.47 Å². The third-order valence-corrected chi connectivity index (χ3v) is 2.74. The van der Waals surface area contributed by atoms with E-state index in [0.717, 1.165) is 31.6 Å². The molecular weight excluding hydrogens is 252 g/mol. The number of ether oxygens (including phenoxy) is 2. The van der Waals surface area contributed by atoms with Gasteiger partial charge in [-0.05, 0) is 32.8 Å². The first-order valence-electron chi connectivity index (χ1n) is 7.42. The topological polar surface area (TPSA) is 43.4 Å². The lowest BCUT2D eigenvalue weighted by Gasteiger charge is -2.20. The lowest BCUT2D eigenvalue weighted by atomic mass is 10.1. The van der Waals surface area contributed by atoms with Crippen molar-refractivity contribution in [2.75, 3.05) is 19.8 Å². The SMILES string of the molecule is CCCCOCCOc1ccc(CNC(C)(C)C)cn1. The second kappa shape index (κ2) is 8.93. The lowest BCUT2D eigenvalue weighted by Crippen LogP contribution is -2.35. The highest BCUT2D eigenvalue weighted by molar-refractivity contribution is 5.17. The molecule has 0 amide bonds. The molecule has 0 unspecified atom stereocenters. The number of aromatic nitrogens is 1.